The van der Waals surface area contributed by atoms with Gasteiger partial charge >= 0.3 is 11.9 Å². The second-order valence-corrected chi connectivity index (χ2v) is 7.19. The zero-order valence-electron chi connectivity index (χ0n) is 16.2. The molecule has 1 aliphatic heterocycles. The third-order valence-electron chi connectivity index (χ3n) is 4.44. The number of carbonyl (C=O) groups excluding carboxylic acids is 2. The highest BCUT2D eigenvalue weighted by molar-refractivity contribution is 7.10. The van der Waals surface area contributed by atoms with Crippen molar-refractivity contribution in [3.05, 3.63) is 75.1 Å². The van der Waals surface area contributed by atoms with Gasteiger partial charge in [0.25, 0.3) is 0 Å². The molecule has 146 valence electrons. The van der Waals surface area contributed by atoms with Crippen molar-refractivity contribution in [2.75, 3.05) is 13.2 Å². The molecule has 1 aromatic heterocycles. The minimum absolute atomic E-state index is 0.249. The number of nitrogens with one attached hydrogen (secondary N) is 1. The van der Waals surface area contributed by atoms with Crippen LogP contribution in [-0.4, -0.2) is 25.2 Å². The summed E-state index contributed by atoms with van der Waals surface area (Å²) in [5.74, 6) is -1.42. The zero-order chi connectivity index (χ0) is 20.1. The number of dihydropyridines is 1. The van der Waals surface area contributed by atoms with Crippen LogP contribution in [0.3, 0.4) is 0 Å². The van der Waals surface area contributed by atoms with Crippen molar-refractivity contribution < 1.29 is 19.1 Å². The zero-order valence-corrected chi connectivity index (χ0v) is 17.0. The van der Waals surface area contributed by atoms with Crippen LogP contribution in [0.15, 0.2) is 64.7 Å². The van der Waals surface area contributed by atoms with Crippen molar-refractivity contribution >= 4 is 29.0 Å². The van der Waals surface area contributed by atoms with E-state index in [1.807, 2.05) is 54.8 Å². The number of ether oxygens (including phenoxy) is 2. The van der Waals surface area contributed by atoms with Crippen LogP contribution in [0, 0.1) is 0 Å². The summed E-state index contributed by atoms with van der Waals surface area (Å²) < 4.78 is 10.7. The van der Waals surface area contributed by atoms with Crippen molar-refractivity contribution in [3.8, 4) is 0 Å². The monoisotopic (exact) mass is 397 g/mol. The molecule has 2 heterocycles. The number of carbonyl (C=O) groups is 2. The van der Waals surface area contributed by atoms with E-state index in [4.69, 9.17) is 9.47 Å². The Morgan fingerprint density at radius 2 is 1.61 bits per heavy atom. The van der Waals surface area contributed by atoms with Crippen LogP contribution in [0.25, 0.3) is 5.70 Å². The maximum absolute atomic E-state index is 13.0. The molecule has 0 saturated heterocycles. The molecule has 0 bridgehead atoms. The van der Waals surface area contributed by atoms with Crippen LogP contribution >= 0.6 is 11.3 Å². The Morgan fingerprint density at radius 1 is 0.964 bits per heavy atom. The highest BCUT2D eigenvalue weighted by atomic mass is 32.1. The molecule has 0 aliphatic carbocycles. The fourth-order valence-electron chi connectivity index (χ4n) is 3.31. The molecule has 28 heavy (non-hydrogen) atoms. The number of rotatable bonds is 6. The third kappa shape index (κ3) is 3.87. The molecule has 0 amide bonds. The Kier molecular flexibility index (Phi) is 6.31. The van der Waals surface area contributed by atoms with E-state index in [2.05, 4.69) is 5.32 Å². The molecule has 0 saturated carbocycles. The Morgan fingerprint density at radius 3 is 2.18 bits per heavy atom. The second kappa shape index (κ2) is 8.89. The summed E-state index contributed by atoms with van der Waals surface area (Å²) in [4.78, 5) is 26.7. The minimum atomic E-state index is -0.547. The van der Waals surface area contributed by atoms with Gasteiger partial charge in [-0.1, -0.05) is 36.4 Å². The molecule has 0 radical (unpaired) electrons. The smallest absolute Gasteiger partial charge is 0.337 e. The summed E-state index contributed by atoms with van der Waals surface area (Å²) in [6, 6.07) is 13.4. The highest BCUT2D eigenvalue weighted by Gasteiger charge is 2.39. The summed E-state index contributed by atoms with van der Waals surface area (Å²) in [6.45, 7) is 5.87. The van der Waals surface area contributed by atoms with E-state index in [1.54, 1.807) is 13.8 Å². The average Bonchev–Trinajstić information content (AvgIpc) is 3.22. The van der Waals surface area contributed by atoms with Gasteiger partial charge in [-0.15, -0.1) is 11.3 Å². The van der Waals surface area contributed by atoms with Crippen LogP contribution in [0.5, 0.6) is 0 Å². The fourth-order valence-corrected chi connectivity index (χ4v) is 4.15. The number of hydrogen-bond donors (Lipinski definition) is 1. The second-order valence-electron chi connectivity index (χ2n) is 6.21. The predicted octanol–water partition coefficient (Wildman–Crippen LogP) is 4.25. The van der Waals surface area contributed by atoms with Gasteiger partial charge in [-0.3, -0.25) is 0 Å². The molecule has 3 rings (SSSR count). The molecule has 0 unspecified atom stereocenters. The molecule has 6 heteroatoms. The molecule has 5 nitrogen and oxygen atoms in total. The maximum Gasteiger partial charge on any atom is 0.337 e. The average molecular weight is 397 g/mol. The molecular formula is C22H23NO4S. The first-order valence-electron chi connectivity index (χ1n) is 9.23. The van der Waals surface area contributed by atoms with E-state index in [0.717, 1.165) is 10.4 Å². The van der Waals surface area contributed by atoms with E-state index < -0.39 is 17.9 Å². The van der Waals surface area contributed by atoms with Crippen molar-refractivity contribution in [1.82, 2.24) is 5.32 Å². The first-order valence-corrected chi connectivity index (χ1v) is 10.1. The van der Waals surface area contributed by atoms with Crippen molar-refractivity contribution in [3.63, 3.8) is 0 Å². The molecule has 0 spiro atoms. The third-order valence-corrected chi connectivity index (χ3v) is 5.38. The van der Waals surface area contributed by atoms with Gasteiger partial charge in [0.15, 0.2) is 0 Å². The van der Waals surface area contributed by atoms with Gasteiger partial charge in [0.2, 0.25) is 0 Å². The number of esters is 2. The van der Waals surface area contributed by atoms with Gasteiger partial charge in [0.05, 0.1) is 36.0 Å². The van der Waals surface area contributed by atoms with Crippen molar-refractivity contribution in [1.29, 1.82) is 0 Å². The van der Waals surface area contributed by atoms with E-state index >= 15 is 0 Å². The number of benzene rings is 1. The van der Waals surface area contributed by atoms with E-state index in [9.17, 15) is 9.59 Å². The first kappa shape index (κ1) is 19.9. The van der Waals surface area contributed by atoms with Crippen LogP contribution in [-0.2, 0) is 19.1 Å². The number of allylic oxidation sites excluding steroid dienone is 1. The SMILES string of the molecule is CCOC(=O)C1=C(C)NC(c2ccccc2)=C(C(=O)OCC)[C@@H]1c1cccs1. The lowest BCUT2D eigenvalue weighted by Gasteiger charge is -2.31. The fraction of sp³-hybridized carbons (Fsp3) is 0.273. The van der Waals surface area contributed by atoms with Crippen molar-refractivity contribution in [2.45, 2.75) is 26.7 Å². The lowest BCUT2D eigenvalue weighted by molar-refractivity contribution is -0.139. The van der Waals surface area contributed by atoms with Crippen LogP contribution in [0.4, 0.5) is 0 Å². The molecule has 1 aliphatic rings. The first-order chi connectivity index (χ1) is 13.6. The summed E-state index contributed by atoms with van der Waals surface area (Å²) in [6.07, 6.45) is 0. The number of thiophene rings is 1. The molecule has 0 fully saturated rings. The molecule has 1 aromatic carbocycles. The molecule has 2 aromatic rings. The Balaban J connectivity index is 2.24. The van der Waals surface area contributed by atoms with E-state index in [0.29, 0.717) is 22.5 Å². The summed E-state index contributed by atoms with van der Waals surface area (Å²) in [7, 11) is 0. The Bertz CT molecular complexity index is 913. The largest absolute Gasteiger partial charge is 0.463 e. The van der Waals surface area contributed by atoms with Gasteiger partial charge < -0.3 is 14.8 Å². The predicted molar refractivity (Wildman–Crippen MR) is 110 cm³/mol. The van der Waals surface area contributed by atoms with Crippen molar-refractivity contribution in [2.24, 2.45) is 0 Å². The molecular weight excluding hydrogens is 374 g/mol. The number of hydrogen-bond acceptors (Lipinski definition) is 6. The summed E-state index contributed by atoms with van der Waals surface area (Å²) >= 11 is 1.50. The molecule has 1 N–H and O–H groups in total. The lowest BCUT2D eigenvalue weighted by atomic mass is 9.82. The Hall–Kier alpha value is -2.86. The van der Waals surface area contributed by atoms with Crippen LogP contribution < -0.4 is 5.32 Å². The Labute approximate surface area is 168 Å². The standard InChI is InChI=1S/C22H23NO4S/c1-4-26-21(24)17-14(3)23-20(15-10-7-6-8-11-15)19(22(25)27-5-2)18(17)16-12-9-13-28-16/h6-13,18,23H,4-5H2,1-3H3/t18-/m1/s1. The summed E-state index contributed by atoms with van der Waals surface area (Å²) in [5, 5.41) is 5.20. The highest BCUT2D eigenvalue weighted by Crippen LogP contribution is 2.43. The van der Waals surface area contributed by atoms with Crippen LogP contribution in [0.1, 0.15) is 37.1 Å². The lowest BCUT2D eigenvalue weighted by Crippen LogP contribution is -2.32. The summed E-state index contributed by atoms with van der Waals surface area (Å²) in [5.41, 5.74) is 3.04. The minimum Gasteiger partial charge on any atom is -0.463 e. The normalized spacial score (nSPS) is 16.6. The maximum atomic E-state index is 13.0. The van der Waals surface area contributed by atoms with E-state index in [-0.39, 0.29) is 13.2 Å². The quantitative estimate of drug-likeness (QED) is 0.739. The van der Waals surface area contributed by atoms with Gasteiger partial charge in [-0.25, -0.2) is 9.59 Å². The van der Waals surface area contributed by atoms with Gasteiger partial charge in [-0.2, -0.15) is 0 Å². The van der Waals surface area contributed by atoms with Gasteiger partial charge in [-0.05, 0) is 37.8 Å². The topological polar surface area (TPSA) is 64.6 Å². The molecule has 1 atom stereocenters. The van der Waals surface area contributed by atoms with Crippen LogP contribution in [0.2, 0.25) is 0 Å². The van der Waals surface area contributed by atoms with Gasteiger partial charge in [0, 0.05) is 10.6 Å². The van der Waals surface area contributed by atoms with E-state index in [1.165, 1.54) is 11.3 Å². The van der Waals surface area contributed by atoms with Gasteiger partial charge in [0.1, 0.15) is 0 Å².